The number of alkyl carbamates (subject to hydrolysis) is 1. The lowest BCUT2D eigenvalue weighted by molar-refractivity contribution is -0.145. The fraction of sp³-hybridized carbons (Fsp3) is 0.545. The first-order valence-electron chi connectivity index (χ1n) is 10.8. The topological polar surface area (TPSA) is 155 Å². The van der Waals surface area contributed by atoms with E-state index < -0.39 is 62.1 Å². The molecule has 12 heteroatoms. The molecule has 34 heavy (non-hydrogen) atoms. The standard InChI is InChI=1S/C22H32NO10P/c1-4-31-19(24)13-17(14-20(25)32-5-2)34(28,29)12-11-18(21(26)30-3)23-22(27)33-15-16-9-7-6-8-10-16/h6-10,17-18H,4-5,11-15H2,1-3H3,(H,23,27)(H,28,29)/t18-/m0/s1. The Morgan fingerprint density at radius 1 is 0.971 bits per heavy atom. The van der Waals surface area contributed by atoms with E-state index in [1.54, 1.807) is 44.2 Å². The van der Waals surface area contributed by atoms with Gasteiger partial charge in [-0.25, -0.2) is 9.59 Å². The zero-order valence-corrected chi connectivity index (χ0v) is 20.5. The van der Waals surface area contributed by atoms with Crippen molar-refractivity contribution in [3.8, 4) is 0 Å². The SMILES string of the molecule is CCOC(=O)CC(CC(=O)OCC)P(=O)(O)CC[C@H](NC(=O)OCc1ccccc1)C(=O)OC. The van der Waals surface area contributed by atoms with Crippen molar-refractivity contribution in [3.63, 3.8) is 0 Å². The van der Waals surface area contributed by atoms with Gasteiger partial charge in [0.05, 0.1) is 38.8 Å². The summed E-state index contributed by atoms with van der Waals surface area (Å²) in [5.74, 6) is -2.32. The van der Waals surface area contributed by atoms with Crippen molar-refractivity contribution in [1.29, 1.82) is 0 Å². The van der Waals surface area contributed by atoms with E-state index in [1.165, 1.54) is 0 Å². The Balaban J connectivity index is 2.83. The first-order valence-corrected chi connectivity index (χ1v) is 12.7. The molecule has 0 fully saturated rings. The highest BCUT2D eigenvalue weighted by atomic mass is 31.2. The third-order valence-corrected chi connectivity index (χ3v) is 7.12. The highest BCUT2D eigenvalue weighted by Gasteiger charge is 2.37. The number of amides is 1. The van der Waals surface area contributed by atoms with Crippen LogP contribution < -0.4 is 5.32 Å². The Labute approximate surface area is 198 Å². The first-order chi connectivity index (χ1) is 16.1. The molecular weight excluding hydrogens is 469 g/mol. The van der Waals surface area contributed by atoms with Gasteiger partial charge < -0.3 is 29.2 Å². The number of hydrogen-bond donors (Lipinski definition) is 2. The molecular formula is C22H32NO10P. The van der Waals surface area contributed by atoms with Gasteiger partial charge in [-0.3, -0.25) is 14.2 Å². The van der Waals surface area contributed by atoms with Gasteiger partial charge in [0, 0.05) is 6.16 Å². The maximum atomic E-state index is 13.0. The van der Waals surface area contributed by atoms with Crippen molar-refractivity contribution >= 4 is 31.4 Å². The maximum absolute atomic E-state index is 13.0. The van der Waals surface area contributed by atoms with Crippen LogP contribution in [0.4, 0.5) is 4.79 Å². The summed E-state index contributed by atoms with van der Waals surface area (Å²) in [5.41, 5.74) is -0.540. The summed E-state index contributed by atoms with van der Waals surface area (Å²) >= 11 is 0. The van der Waals surface area contributed by atoms with E-state index in [-0.39, 0.29) is 26.2 Å². The zero-order valence-electron chi connectivity index (χ0n) is 19.6. The molecule has 0 aliphatic rings. The summed E-state index contributed by atoms with van der Waals surface area (Å²) in [6.45, 7) is 3.26. The predicted octanol–water partition coefficient (Wildman–Crippen LogP) is 2.39. The van der Waals surface area contributed by atoms with Gasteiger partial charge in [-0.1, -0.05) is 30.3 Å². The summed E-state index contributed by atoms with van der Waals surface area (Å²) in [5, 5.41) is 2.32. The van der Waals surface area contributed by atoms with Crippen LogP contribution in [-0.2, 0) is 44.5 Å². The Kier molecular flexibility index (Phi) is 12.9. The summed E-state index contributed by atoms with van der Waals surface area (Å²) in [7, 11) is -3.06. The normalized spacial score (nSPS) is 13.3. The van der Waals surface area contributed by atoms with E-state index in [4.69, 9.17) is 14.2 Å². The maximum Gasteiger partial charge on any atom is 0.408 e. The molecule has 0 aromatic heterocycles. The van der Waals surface area contributed by atoms with Crippen molar-refractivity contribution in [2.75, 3.05) is 26.5 Å². The highest BCUT2D eigenvalue weighted by molar-refractivity contribution is 7.58. The predicted molar refractivity (Wildman–Crippen MR) is 121 cm³/mol. The Hall–Kier alpha value is -2.91. The van der Waals surface area contributed by atoms with Gasteiger partial charge in [0.15, 0.2) is 0 Å². The monoisotopic (exact) mass is 501 g/mol. The Morgan fingerprint density at radius 3 is 2.03 bits per heavy atom. The average Bonchev–Trinajstić information content (AvgIpc) is 2.80. The Bertz CT molecular complexity index is 841. The highest BCUT2D eigenvalue weighted by Crippen LogP contribution is 2.50. The molecule has 1 unspecified atom stereocenters. The van der Waals surface area contributed by atoms with Crippen LogP contribution >= 0.6 is 7.37 Å². The summed E-state index contributed by atoms with van der Waals surface area (Å²) in [6, 6.07) is 7.58. The summed E-state index contributed by atoms with van der Waals surface area (Å²) in [4.78, 5) is 58.7. The van der Waals surface area contributed by atoms with E-state index in [2.05, 4.69) is 10.1 Å². The number of benzene rings is 1. The summed E-state index contributed by atoms with van der Waals surface area (Å²) < 4.78 is 32.5. The van der Waals surface area contributed by atoms with Gasteiger partial charge in [-0.05, 0) is 25.8 Å². The molecule has 0 radical (unpaired) electrons. The average molecular weight is 501 g/mol. The minimum Gasteiger partial charge on any atom is -0.467 e. The van der Waals surface area contributed by atoms with E-state index in [0.717, 1.165) is 12.7 Å². The van der Waals surface area contributed by atoms with E-state index in [1.807, 2.05) is 0 Å². The second-order valence-electron chi connectivity index (χ2n) is 7.22. The molecule has 0 spiro atoms. The quantitative estimate of drug-likeness (QED) is 0.221. The molecule has 0 aliphatic carbocycles. The van der Waals surface area contributed by atoms with Gasteiger partial charge in [-0.15, -0.1) is 0 Å². The molecule has 11 nitrogen and oxygen atoms in total. The summed E-state index contributed by atoms with van der Waals surface area (Å²) in [6.07, 6.45) is -2.63. The molecule has 0 saturated carbocycles. The number of rotatable bonds is 14. The number of carbonyl (C=O) groups is 4. The van der Waals surface area contributed by atoms with Crippen molar-refractivity contribution in [1.82, 2.24) is 5.32 Å². The molecule has 0 heterocycles. The number of hydrogen-bond acceptors (Lipinski definition) is 9. The van der Waals surface area contributed by atoms with Crippen LogP contribution in [0.2, 0.25) is 0 Å². The van der Waals surface area contributed by atoms with Crippen LogP contribution in [0.1, 0.15) is 38.7 Å². The molecule has 1 aromatic rings. The second kappa shape index (κ2) is 15.1. The molecule has 2 atom stereocenters. The largest absolute Gasteiger partial charge is 0.467 e. The van der Waals surface area contributed by atoms with Gasteiger partial charge in [-0.2, -0.15) is 0 Å². The van der Waals surface area contributed by atoms with Gasteiger partial charge in [0.1, 0.15) is 12.6 Å². The van der Waals surface area contributed by atoms with Crippen molar-refractivity contribution in [2.45, 2.75) is 51.4 Å². The smallest absolute Gasteiger partial charge is 0.408 e. The van der Waals surface area contributed by atoms with E-state index in [0.29, 0.717) is 0 Å². The van der Waals surface area contributed by atoms with Crippen LogP contribution in [0.15, 0.2) is 30.3 Å². The number of carbonyl (C=O) groups excluding carboxylic acids is 4. The van der Waals surface area contributed by atoms with Crippen LogP contribution in [-0.4, -0.2) is 67.1 Å². The number of esters is 3. The molecule has 190 valence electrons. The lowest BCUT2D eigenvalue weighted by atomic mass is 10.2. The third-order valence-electron chi connectivity index (χ3n) is 4.71. The number of methoxy groups -OCH3 is 1. The lowest BCUT2D eigenvalue weighted by Gasteiger charge is -2.23. The van der Waals surface area contributed by atoms with Gasteiger partial charge in [0.25, 0.3) is 0 Å². The Morgan fingerprint density at radius 2 is 1.53 bits per heavy atom. The van der Waals surface area contributed by atoms with E-state index >= 15 is 0 Å². The molecule has 0 bridgehead atoms. The molecule has 0 saturated heterocycles. The fourth-order valence-electron chi connectivity index (χ4n) is 2.98. The number of nitrogens with one attached hydrogen (secondary N) is 1. The van der Waals surface area contributed by atoms with Crippen molar-refractivity contribution < 1.29 is 47.6 Å². The number of ether oxygens (including phenoxy) is 4. The molecule has 1 rings (SSSR count). The zero-order chi connectivity index (χ0) is 25.6. The van der Waals surface area contributed by atoms with Gasteiger partial charge in [0.2, 0.25) is 7.37 Å². The first kappa shape index (κ1) is 29.1. The van der Waals surface area contributed by atoms with Crippen LogP contribution in [0, 0.1) is 0 Å². The third kappa shape index (κ3) is 10.8. The molecule has 1 amide bonds. The van der Waals surface area contributed by atoms with E-state index in [9.17, 15) is 28.6 Å². The van der Waals surface area contributed by atoms with Gasteiger partial charge >= 0.3 is 24.0 Å². The fourth-order valence-corrected chi connectivity index (χ4v) is 4.84. The second-order valence-corrected chi connectivity index (χ2v) is 9.91. The lowest BCUT2D eigenvalue weighted by Crippen LogP contribution is -2.42. The minimum atomic E-state index is -4.17. The molecule has 1 aromatic carbocycles. The van der Waals surface area contributed by atoms with Crippen molar-refractivity contribution in [3.05, 3.63) is 35.9 Å². The molecule has 2 N–H and O–H groups in total. The minimum absolute atomic E-state index is 0.0415. The van der Waals surface area contributed by atoms with Crippen LogP contribution in [0.25, 0.3) is 0 Å². The van der Waals surface area contributed by atoms with Crippen molar-refractivity contribution in [2.24, 2.45) is 0 Å². The van der Waals surface area contributed by atoms with Crippen LogP contribution in [0.5, 0.6) is 0 Å². The van der Waals surface area contributed by atoms with Crippen LogP contribution in [0.3, 0.4) is 0 Å². The molecule has 0 aliphatic heterocycles.